The van der Waals surface area contributed by atoms with Crippen molar-refractivity contribution in [2.24, 2.45) is 0 Å². The minimum atomic E-state index is -0.717. The zero-order chi connectivity index (χ0) is 20.4. The lowest BCUT2D eigenvalue weighted by molar-refractivity contribution is -0.134. The van der Waals surface area contributed by atoms with Gasteiger partial charge in [0.15, 0.2) is 5.78 Å². The number of para-hydroxylation sites is 1. The second-order valence-electron chi connectivity index (χ2n) is 6.78. The van der Waals surface area contributed by atoms with E-state index in [-0.39, 0.29) is 5.78 Å². The predicted molar refractivity (Wildman–Crippen MR) is 108 cm³/mol. The van der Waals surface area contributed by atoms with Gasteiger partial charge in [-0.25, -0.2) is 0 Å². The highest BCUT2D eigenvalue weighted by molar-refractivity contribution is 6.05. The van der Waals surface area contributed by atoms with Crippen LogP contribution in [0.15, 0.2) is 72.8 Å². The van der Waals surface area contributed by atoms with Gasteiger partial charge in [0.25, 0.3) is 0 Å². The zero-order valence-corrected chi connectivity index (χ0v) is 16.1. The molecule has 5 nitrogen and oxygen atoms in total. The Bertz CT molecular complexity index is 1040. The monoisotopic (exact) mass is 388 g/mol. The van der Waals surface area contributed by atoms with Gasteiger partial charge in [-0.1, -0.05) is 30.3 Å². The summed E-state index contributed by atoms with van der Waals surface area (Å²) in [5, 5.41) is 0. The van der Waals surface area contributed by atoms with Gasteiger partial charge in [0.2, 0.25) is 0 Å². The molecule has 0 spiro atoms. The maximum Gasteiger partial charge on any atom is 0.320 e. The Hall–Kier alpha value is -3.60. The molecule has 146 valence electrons. The maximum atomic E-state index is 13.6. The first-order valence-corrected chi connectivity index (χ1v) is 9.25. The SMILES string of the molecule is COc1ccc(C(=O)[C@H](c2ccc(OC)cc2)[C@@H]2C(=O)Oc3ccccc32)cc1. The Labute approximate surface area is 168 Å². The molecule has 0 aromatic heterocycles. The number of carbonyl (C=O) groups is 2. The largest absolute Gasteiger partial charge is 0.497 e. The molecular weight excluding hydrogens is 368 g/mol. The molecule has 0 fully saturated rings. The number of methoxy groups -OCH3 is 2. The van der Waals surface area contributed by atoms with E-state index in [1.54, 1.807) is 56.7 Å². The van der Waals surface area contributed by atoms with Crippen LogP contribution in [-0.4, -0.2) is 26.0 Å². The van der Waals surface area contributed by atoms with Crippen LogP contribution in [0.5, 0.6) is 17.2 Å². The van der Waals surface area contributed by atoms with Crippen LogP contribution < -0.4 is 14.2 Å². The van der Waals surface area contributed by atoms with Crippen molar-refractivity contribution < 1.29 is 23.8 Å². The molecule has 1 aliphatic rings. The van der Waals surface area contributed by atoms with E-state index < -0.39 is 17.8 Å². The summed E-state index contributed by atoms with van der Waals surface area (Å²) >= 11 is 0. The molecular formula is C24H20O5. The quantitative estimate of drug-likeness (QED) is 0.356. The first-order chi connectivity index (χ1) is 14.1. The summed E-state index contributed by atoms with van der Waals surface area (Å²) in [5.74, 6) is -0.166. The van der Waals surface area contributed by atoms with E-state index in [9.17, 15) is 9.59 Å². The average Bonchev–Trinajstić information content (AvgIpc) is 3.10. The standard InChI is InChI=1S/C24H20O5/c1-27-17-11-7-15(8-12-17)21(23(25)16-9-13-18(28-2)14-10-16)22-19-5-3-4-6-20(19)29-24(22)26/h3-14,21-22H,1-2H3/t21-,22-/m1/s1. The second kappa shape index (κ2) is 7.80. The molecule has 0 aliphatic carbocycles. The fourth-order valence-corrected chi connectivity index (χ4v) is 3.69. The topological polar surface area (TPSA) is 61.8 Å². The Morgan fingerprint density at radius 1 is 0.862 bits per heavy atom. The summed E-state index contributed by atoms with van der Waals surface area (Å²) in [6, 6.07) is 21.3. The smallest absolute Gasteiger partial charge is 0.320 e. The van der Waals surface area contributed by atoms with Crippen LogP contribution in [0.1, 0.15) is 33.3 Å². The third-order valence-electron chi connectivity index (χ3n) is 5.18. The van der Waals surface area contributed by atoms with Crippen LogP contribution >= 0.6 is 0 Å². The lowest BCUT2D eigenvalue weighted by atomic mass is 9.77. The van der Waals surface area contributed by atoms with Crippen molar-refractivity contribution in [3.05, 3.63) is 89.5 Å². The highest BCUT2D eigenvalue weighted by Gasteiger charge is 2.43. The maximum absolute atomic E-state index is 13.6. The minimum absolute atomic E-state index is 0.156. The normalized spacial score (nSPS) is 15.9. The lowest BCUT2D eigenvalue weighted by Crippen LogP contribution is -2.25. The summed E-state index contributed by atoms with van der Waals surface area (Å²) in [6.07, 6.45) is 0. The minimum Gasteiger partial charge on any atom is -0.497 e. The summed E-state index contributed by atoms with van der Waals surface area (Å²) in [4.78, 5) is 26.3. The van der Waals surface area contributed by atoms with E-state index in [1.807, 2.05) is 30.3 Å². The Kier molecular flexibility index (Phi) is 5.04. The molecule has 0 radical (unpaired) electrons. The molecule has 0 saturated heterocycles. The number of hydrogen-bond donors (Lipinski definition) is 0. The van der Waals surface area contributed by atoms with Crippen molar-refractivity contribution in [1.82, 2.24) is 0 Å². The Morgan fingerprint density at radius 2 is 1.45 bits per heavy atom. The molecule has 1 heterocycles. The van der Waals surface area contributed by atoms with Gasteiger partial charge in [-0.15, -0.1) is 0 Å². The van der Waals surface area contributed by atoms with Crippen LogP contribution in [0, 0.1) is 0 Å². The van der Waals surface area contributed by atoms with Crippen molar-refractivity contribution in [2.75, 3.05) is 14.2 Å². The molecule has 29 heavy (non-hydrogen) atoms. The van der Waals surface area contributed by atoms with E-state index >= 15 is 0 Å². The first-order valence-electron chi connectivity index (χ1n) is 9.25. The summed E-state index contributed by atoms with van der Waals surface area (Å²) in [6.45, 7) is 0. The number of ether oxygens (including phenoxy) is 3. The third kappa shape index (κ3) is 3.47. The molecule has 0 unspecified atom stereocenters. The number of Topliss-reactive ketones (excluding diaryl/α,β-unsaturated/α-hetero) is 1. The van der Waals surface area contributed by atoms with Gasteiger partial charge in [0.1, 0.15) is 23.2 Å². The highest BCUT2D eigenvalue weighted by atomic mass is 16.5. The van der Waals surface area contributed by atoms with Crippen LogP contribution in [0.3, 0.4) is 0 Å². The molecule has 3 aromatic rings. The van der Waals surface area contributed by atoms with Crippen molar-refractivity contribution >= 4 is 11.8 Å². The average molecular weight is 388 g/mol. The molecule has 2 atom stereocenters. The number of hydrogen-bond acceptors (Lipinski definition) is 5. The zero-order valence-electron chi connectivity index (χ0n) is 16.1. The fraction of sp³-hybridized carbons (Fsp3) is 0.167. The molecule has 0 N–H and O–H groups in total. The van der Waals surface area contributed by atoms with Crippen LogP contribution in [0.4, 0.5) is 0 Å². The summed E-state index contributed by atoms with van der Waals surface area (Å²) in [5.41, 5.74) is 1.95. The molecule has 0 bridgehead atoms. The third-order valence-corrected chi connectivity index (χ3v) is 5.18. The van der Waals surface area contributed by atoms with Crippen LogP contribution in [0.2, 0.25) is 0 Å². The molecule has 0 saturated carbocycles. The summed E-state index contributed by atoms with van der Waals surface area (Å²) in [7, 11) is 3.15. The molecule has 5 heteroatoms. The van der Waals surface area contributed by atoms with Crippen LogP contribution in [0.25, 0.3) is 0 Å². The van der Waals surface area contributed by atoms with Gasteiger partial charge >= 0.3 is 5.97 Å². The van der Waals surface area contributed by atoms with Gasteiger partial charge in [-0.2, -0.15) is 0 Å². The van der Waals surface area contributed by atoms with E-state index in [2.05, 4.69) is 0 Å². The number of esters is 1. The number of carbonyl (C=O) groups excluding carboxylic acids is 2. The molecule has 4 rings (SSSR count). The van der Waals surface area contributed by atoms with Crippen molar-refractivity contribution in [2.45, 2.75) is 11.8 Å². The number of benzene rings is 3. The van der Waals surface area contributed by atoms with E-state index in [1.165, 1.54) is 0 Å². The summed E-state index contributed by atoms with van der Waals surface area (Å²) < 4.78 is 15.9. The van der Waals surface area contributed by atoms with Gasteiger partial charge in [-0.05, 0) is 48.0 Å². The second-order valence-corrected chi connectivity index (χ2v) is 6.78. The molecule has 0 amide bonds. The Balaban J connectivity index is 1.80. The molecule has 3 aromatic carbocycles. The van der Waals surface area contributed by atoms with E-state index in [4.69, 9.17) is 14.2 Å². The van der Waals surface area contributed by atoms with Gasteiger partial charge < -0.3 is 14.2 Å². The Morgan fingerprint density at radius 3 is 2.07 bits per heavy atom. The number of rotatable bonds is 6. The number of ketones is 1. The first kappa shape index (κ1) is 18.7. The van der Waals surface area contributed by atoms with Gasteiger partial charge in [-0.3, -0.25) is 9.59 Å². The van der Waals surface area contributed by atoms with Crippen molar-refractivity contribution in [3.8, 4) is 17.2 Å². The van der Waals surface area contributed by atoms with Gasteiger partial charge in [0.05, 0.1) is 20.1 Å². The van der Waals surface area contributed by atoms with Crippen LogP contribution in [-0.2, 0) is 4.79 Å². The highest BCUT2D eigenvalue weighted by Crippen LogP contribution is 2.45. The van der Waals surface area contributed by atoms with Crippen molar-refractivity contribution in [1.29, 1.82) is 0 Å². The number of fused-ring (bicyclic) bond motifs is 1. The lowest BCUT2D eigenvalue weighted by Gasteiger charge is -2.21. The van der Waals surface area contributed by atoms with E-state index in [0.717, 1.165) is 11.1 Å². The van der Waals surface area contributed by atoms with Crippen molar-refractivity contribution in [3.63, 3.8) is 0 Å². The fourth-order valence-electron chi connectivity index (χ4n) is 3.69. The van der Waals surface area contributed by atoms with Gasteiger partial charge in [0, 0.05) is 11.1 Å². The predicted octanol–water partition coefficient (Wildman–Crippen LogP) is 4.37. The molecule has 1 aliphatic heterocycles. The van der Waals surface area contributed by atoms with E-state index in [0.29, 0.717) is 22.8 Å².